The number of fused-ring (bicyclic) bond motifs is 8. The zero-order valence-corrected chi connectivity index (χ0v) is 23.1. The van der Waals surface area contributed by atoms with Crippen molar-refractivity contribution in [3.05, 3.63) is 146 Å². The molecular weight excluding hydrogens is 513 g/mol. The Morgan fingerprint density at radius 1 is 0.317 bits per heavy atom. The van der Waals surface area contributed by atoms with Gasteiger partial charge in [-0.2, -0.15) is 0 Å². The van der Waals surface area contributed by atoms with Crippen molar-refractivity contribution in [1.29, 1.82) is 0 Å². The summed E-state index contributed by atoms with van der Waals surface area (Å²) in [6.45, 7) is 0. The van der Waals surface area contributed by atoms with Gasteiger partial charge in [-0.1, -0.05) is 121 Å². The molecule has 0 aliphatic heterocycles. The maximum absolute atomic E-state index is 2.39. The van der Waals surface area contributed by atoms with Crippen LogP contribution in [0.2, 0.25) is 0 Å². The zero-order chi connectivity index (χ0) is 26.9. The molecule has 41 heavy (non-hydrogen) atoms. The monoisotopic (exact) mass is 536 g/mol. The first-order valence-electron chi connectivity index (χ1n) is 14.1. The highest BCUT2D eigenvalue weighted by atomic mass is 32.1. The van der Waals surface area contributed by atoms with Gasteiger partial charge >= 0.3 is 0 Å². The molecule has 9 aromatic rings. The molecule has 0 fully saturated rings. The Bertz CT molecular complexity index is 2420. The van der Waals surface area contributed by atoms with Crippen molar-refractivity contribution < 1.29 is 0 Å². The fourth-order valence-corrected chi connectivity index (χ4v) is 7.93. The molecule has 0 bridgehead atoms. The van der Waals surface area contributed by atoms with Gasteiger partial charge in [0.05, 0.1) is 0 Å². The Morgan fingerprint density at radius 2 is 0.829 bits per heavy atom. The molecule has 0 N–H and O–H groups in total. The van der Waals surface area contributed by atoms with E-state index in [2.05, 4.69) is 146 Å². The van der Waals surface area contributed by atoms with E-state index in [1.54, 1.807) is 0 Å². The van der Waals surface area contributed by atoms with Crippen LogP contribution in [0.4, 0.5) is 0 Å². The van der Waals surface area contributed by atoms with Crippen molar-refractivity contribution in [3.8, 4) is 22.3 Å². The normalized spacial score (nSPS) is 11.9. The Hall–Kier alpha value is -4.98. The van der Waals surface area contributed by atoms with Crippen LogP contribution in [0.3, 0.4) is 0 Å². The van der Waals surface area contributed by atoms with Crippen LogP contribution < -0.4 is 0 Å². The quantitative estimate of drug-likeness (QED) is 0.193. The third-order valence-electron chi connectivity index (χ3n) is 8.62. The number of rotatable bonds is 2. The number of benzene rings is 8. The molecular formula is C40H24S. The summed E-state index contributed by atoms with van der Waals surface area (Å²) in [6.07, 6.45) is 0. The molecule has 0 radical (unpaired) electrons. The topological polar surface area (TPSA) is 0 Å². The highest BCUT2D eigenvalue weighted by Crippen LogP contribution is 2.45. The summed E-state index contributed by atoms with van der Waals surface area (Å²) in [5.74, 6) is 0. The molecule has 0 aliphatic rings. The van der Waals surface area contributed by atoms with Gasteiger partial charge in [0.1, 0.15) is 0 Å². The van der Waals surface area contributed by atoms with Crippen molar-refractivity contribution in [2.75, 3.05) is 0 Å². The van der Waals surface area contributed by atoms with Crippen LogP contribution in [0.1, 0.15) is 0 Å². The van der Waals surface area contributed by atoms with E-state index >= 15 is 0 Å². The maximum Gasteiger partial charge on any atom is 0.0361 e. The van der Waals surface area contributed by atoms with E-state index in [1.807, 2.05) is 11.3 Å². The third kappa shape index (κ3) is 3.40. The fraction of sp³-hybridized carbons (Fsp3) is 0. The molecule has 0 spiro atoms. The van der Waals surface area contributed by atoms with Crippen LogP contribution in [0.15, 0.2) is 146 Å². The maximum atomic E-state index is 2.39. The lowest BCUT2D eigenvalue weighted by molar-refractivity contribution is 1.68. The summed E-state index contributed by atoms with van der Waals surface area (Å²) in [5, 5.41) is 13.0. The summed E-state index contributed by atoms with van der Waals surface area (Å²) >= 11 is 1.88. The number of hydrogen-bond donors (Lipinski definition) is 0. The second-order valence-electron chi connectivity index (χ2n) is 10.9. The Kier molecular flexibility index (Phi) is 4.87. The van der Waals surface area contributed by atoms with Crippen LogP contribution in [-0.2, 0) is 0 Å². The van der Waals surface area contributed by atoms with Gasteiger partial charge in [0.25, 0.3) is 0 Å². The summed E-state index contributed by atoms with van der Waals surface area (Å²) in [4.78, 5) is 0. The lowest BCUT2D eigenvalue weighted by Gasteiger charge is -2.18. The molecule has 9 rings (SSSR count). The third-order valence-corrected chi connectivity index (χ3v) is 9.75. The van der Waals surface area contributed by atoms with Crippen LogP contribution in [0.25, 0.3) is 85.5 Å². The van der Waals surface area contributed by atoms with E-state index in [4.69, 9.17) is 0 Å². The van der Waals surface area contributed by atoms with Crippen molar-refractivity contribution >= 4 is 74.6 Å². The van der Waals surface area contributed by atoms with Gasteiger partial charge in [0.2, 0.25) is 0 Å². The first-order chi connectivity index (χ1) is 20.3. The molecule has 0 unspecified atom stereocenters. The van der Waals surface area contributed by atoms with Gasteiger partial charge in [0.15, 0.2) is 0 Å². The van der Waals surface area contributed by atoms with Gasteiger partial charge in [-0.25, -0.2) is 0 Å². The second-order valence-corrected chi connectivity index (χ2v) is 12.0. The van der Waals surface area contributed by atoms with Gasteiger partial charge in [-0.05, 0) is 89.6 Å². The van der Waals surface area contributed by atoms with Crippen molar-refractivity contribution in [2.45, 2.75) is 0 Å². The minimum absolute atomic E-state index is 1.26. The fourth-order valence-electron chi connectivity index (χ4n) is 6.80. The molecule has 190 valence electrons. The van der Waals surface area contributed by atoms with E-state index in [9.17, 15) is 0 Å². The molecule has 0 saturated carbocycles. The highest BCUT2D eigenvalue weighted by Gasteiger charge is 2.17. The molecule has 0 amide bonds. The van der Waals surface area contributed by atoms with E-state index in [1.165, 1.54) is 85.5 Å². The summed E-state index contributed by atoms with van der Waals surface area (Å²) < 4.78 is 2.70. The first kappa shape index (κ1) is 22.8. The number of hydrogen-bond acceptors (Lipinski definition) is 1. The molecule has 0 saturated heterocycles. The lowest BCUT2D eigenvalue weighted by atomic mass is 9.85. The molecule has 0 atom stereocenters. The summed E-state index contributed by atoms with van der Waals surface area (Å²) in [7, 11) is 0. The largest absolute Gasteiger partial charge is 0.135 e. The van der Waals surface area contributed by atoms with Crippen LogP contribution in [0.5, 0.6) is 0 Å². The van der Waals surface area contributed by atoms with Gasteiger partial charge < -0.3 is 0 Å². The van der Waals surface area contributed by atoms with Crippen LogP contribution in [-0.4, -0.2) is 0 Å². The van der Waals surface area contributed by atoms with Gasteiger partial charge in [0, 0.05) is 20.2 Å². The predicted molar refractivity (Wildman–Crippen MR) is 180 cm³/mol. The van der Waals surface area contributed by atoms with Crippen LogP contribution in [0, 0.1) is 0 Å². The smallest absolute Gasteiger partial charge is 0.0361 e. The Morgan fingerprint density at radius 3 is 1.51 bits per heavy atom. The van der Waals surface area contributed by atoms with E-state index < -0.39 is 0 Å². The molecule has 8 aromatic carbocycles. The standard InChI is InChI=1S/C40H24S/c1-2-10-26-23-28(18-17-25(26)9-1)38-31-11-3-5-13-33(31)39(34-14-6-4-12-32(34)38)29-19-21-30-27(24-29)20-22-37-40(30)35-15-7-8-16-36(35)41-37/h1-24H. The summed E-state index contributed by atoms with van der Waals surface area (Å²) in [5.41, 5.74) is 5.12. The highest BCUT2D eigenvalue weighted by molar-refractivity contribution is 7.26. The molecule has 0 aliphatic carbocycles. The zero-order valence-electron chi connectivity index (χ0n) is 22.3. The van der Waals surface area contributed by atoms with E-state index in [0.717, 1.165) is 0 Å². The van der Waals surface area contributed by atoms with E-state index in [0.29, 0.717) is 0 Å². The SMILES string of the molecule is c1ccc2cc(-c3c4ccccc4c(-c4ccc5c(ccc6sc7ccccc7c65)c4)c4ccccc34)ccc2c1. The minimum Gasteiger partial charge on any atom is -0.135 e. The molecule has 1 aromatic heterocycles. The first-order valence-corrected chi connectivity index (χ1v) is 14.9. The molecule has 1 heterocycles. The lowest BCUT2D eigenvalue weighted by Crippen LogP contribution is -1.91. The van der Waals surface area contributed by atoms with Gasteiger partial charge in [-0.15, -0.1) is 11.3 Å². The minimum atomic E-state index is 1.26. The molecule has 0 nitrogen and oxygen atoms in total. The average Bonchev–Trinajstić information content (AvgIpc) is 3.42. The predicted octanol–water partition coefficient (Wildman–Crippen LogP) is 12.0. The van der Waals surface area contributed by atoms with Crippen molar-refractivity contribution in [3.63, 3.8) is 0 Å². The van der Waals surface area contributed by atoms with Crippen molar-refractivity contribution in [1.82, 2.24) is 0 Å². The Balaban J connectivity index is 1.35. The van der Waals surface area contributed by atoms with E-state index in [-0.39, 0.29) is 0 Å². The van der Waals surface area contributed by atoms with Crippen LogP contribution >= 0.6 is 11.3 Å². The van der Waals surface area contributed by atoms with Gasteiger partial charge in [-0.3, -0.25) is 0 Å². The molecule has 1 heteroatoms. The number of thiophene rings is 1. The Labute approximate surface area is 241 Å². The average molecular weight is 537 g/mol. The summed E-state index contributed by atoms with van der Waals surface area (Å²) in [6, 6.07) is 53.8. The second kappa shape index (κ2) is 8.76. The van der Waals surface area contributed by atoms with Crippen molar-refractivity contribution in [2.24, 2.45) is 0 Å².